The minimum atomic E-state index is -0.346. The topological polar surface area (TPSA) is 35.5 Å². The van der Waals surface area contributed by atoms with Crippen LogP contribution >= 0.6 is 0 Å². The molecule has 0 aromatic rings. The highest BCUT2D eigenvalue weighted by Crippen LogP contribution is 2.38. The molecule has 84 valence electrons. The Hall–Kier alpha value is -0.830. The molecule has 3 heteroatoms. The third-order valence-electron chi connectivity index (χ3n) is 3.03. The monoisotopic (exact) mass is 210 g/mol. The lowest BCUT2D eigenvalue weighted by atomic mass is 9.94. The fraction of sp³-hybridized carbons (Fsp3) is 0.750. The van der Waals surface area contributed by atoms with Crippen LogP contribution in [0.2, 0.25) is 0 Å². The van der Waals surface area contributed by atoms with E-state index in [1.54, 1.807) is 6.92 Å². The van der Waals surface area contributed by atoms with Gasteiger partial charge in [0.05, 0.1) is 0 Å². The molecule has 3 nitrogen and oxygen atoms in total. The van der Waals surface area contributed by atoms with Gasteiger partial charge in [0.2, 0.25) is 5.79 Å². The van der Waals surface area contributed by atoms with Gasteiger partial charge in [0.25, 0.3) is 0 Å². The zero-order valence-corrected chi connectivity index (χ0v) is 9.25. The largest absolute Gasteiger partial charge is 0.465 e. The molecular formula is C12H18O3. The minimum absolute atomic E-state index is 0.163. The van der Waals surface area contributed by atoms with Crippen LogP contribution in [0.25, 0.3) is 0 Å². The van der Waals surface area contributed by atoms with Crippen LogP contribution in [0.4, 0.5) is 0 Å². The normalized spacial score (nSPS) is 26.9. The number of Topliss-reactive ketones (excluding diaryl/α,β-unsaturated/α-hetero) is 1. The van der Waals surface area contributed by atoms with Crippen LogP contribution in [0.1, 0.15) is 45.4 Å². The molecule has 0 radical (unpaired) electrons. The van der Waals surface area contributed by atoms with Gasteiger partial charge in [0.15, 0.2) is 0 Å². The lowest BCUT2D eigenvalue weighted by Crippen LogP contribution is -2.32. The summed E-state index contributed by atoms with van der Waals surface area (Å²) >= 11 is 0. The van der Waals surface area contributed by atoms with Gasteiger partial charge in [-0.3, -0.25) is 4.79 Å². The van der Waals surface area contributed by atoms with Crippen molar-refractivity contribution >= 4 is 5.78 Å². The maximum Gasteiger partial charge on any atom is 0.210 e. The minimum Gasteiger partial charge on any atom is -0.465 e. The van der Waals surface area contributed by atoms with Crippen molar-refractivity contribution in [2.45, 2.75) is 51.2 Å². The van der Waals surface area contributed by atoms with Gasteiger partial charge >= 0.3 is 0 Å². The van der Waals surface area contributed by atoms with Crippen LogP contribution in [0.3, 0.4) is 0 Å². The van der Waals surface area contributed by atoms with Gasteiger partial charge in [-0.25, -0.2) is 0 Å². The third kappa shape index (κ3) is 2.59. The van der Waals surface area contributed by atoms with Crippen LogP contribution in [-0.4, -0.2) is 18.2 Å². The van der Waals surface area contributed by atoms with E-state index in [4.69, 9.17) is 9.47 Å². The van der Waals surface area contributed by atoms with E-state index in [1.807, 2.05) is 6.08 Å². The Morgan fingerprint density at radius 1 is 1.40 bits per heavy atom. The van der Waals surface area contributed by atoms with Crippen molar-refractivity contribution in [3.8, 4) is 0 Å². The Kier molecular flexibility index (Phi) is 3.10. The Morgan fingerprint density at radius 2 is 2.13 bits per heavy atom. The second-order valence-corrected chi connectivity index (χ2v) is 4.44. The number of ketones is 1. The van der Waals surface area contributed by atoms with Gasteiger partial charge < -0.3 is 9.47 Å². The van der Waals surface area contributed by atoms with E-state index in [9.17, 15) is 4.79 Å². The zero-order chi connectivity index (χ0) is 10.7. The first kappa shape index (κ1) is 10.7. The molecular weight excluding hydrogens is 192 g/mol. The Bertz CT molecular complexity index is 275. The molecule has 2 rings (SSSR count). The number of ether oxygens (including phenoxy) is 2. The van der Waals surface area contributed by atoms with E-state index in [2.05, 4.69) is 0 Å². The van der Waals surface area contributed by atoms with Crippen LogP contribution in [0.5, 0.6) is 0 Å². The highest BCUT2D eigenvalue weighted by Gasteiger charge is 2.40. The summed E-state index contributed by atoms with van der Waals surface area (Å²) in [7, 11) is 0. The zero-order valence-electron chi connectivity index (χ0n) is 9.25. The first-order valence-corrected chi connectivity index (χ1v) is 5.72. The summed E-state index contributed by atoms with van der Waals surface area (Å²) in [6.45, 7) is 2.12. The van der Waals surface area contributed by atoms with Crippen molar-refractivity contribution in [2.24, 2.45) is 0 Å². The van der Waals surface area contributed by atoms with Crippen LogP contribution in [0, 0.1) is 0 Å². The van der Waals surface area contributed by atoms with E-state index >= 15 is 0 Å². The smallest absolute Gasteiger partial charge is 0.210 e. The Morgan fingerprint density at radius 3 is 2.80 bits per heavy atom. The van der Waals surface area contributed by atoms with Crippen molar-refractivity contribution < 1.29 is 14.3 Å². The fourth-order valence-corrected chi connectivity index (χ4v) is 2.20. The van der Waals surface area contributed by atoms with E-state index in [1.165, 1.54) is 19.3 Å². The summed E-state index contributed by atoms with van der Waals surface area (Å²) in [4.78, 5) is 10.8. The number of carbonyl (C=O) groups excluding carboxylic acids is 1. The van der Waals surface area contributed by atoms with E-state index < -0.39 is 0 Å². The molecule has 1 saturated heterocycles. The number of hydrogen-bond donors (Lipinski definition) is 0. The number of carbonyl (C=O) groups is 1. The predicted octanol–water partition coefficient (Wildman–Crippen LogP) is 2.56. The molecule has 1 heterocycles. The first-order valence-electron chi connectivity index (χ1n) is 5.72. The summed E-state index contributed by atoms with van der Waals surface area (Å²) < 4.78 is 11.6. The summed E-state index contributed by atoms with van der Waals surface area (Å²) in [5.74, 6) is 0.656. The quantitative estimate of drug-likeness (QED) is 0.702. The fourth-order valence-electron chi connectivity index (χ4n) is 2.20. The molecule has 0 atom stereocenters. The highest BCUT2D eigenvalue weighted by molar-refractivity contribution is 5.77. The van der Waals surface area contributed by atoms with Gasteiger partial charge in [-0.05, 0) is 25.8 Å². The number of rotatable bonds is 2. The number of hydrogen-bond acceptors (Lipinski definition) is 3. The maximum absolute atomic E-state index is 10.8. The lowest BCUT2D eigenvalue weighted by Gasteiger charge is -2.30. The summed E-state index contributed by atoms with van der Waals surface area (Å²) in [5, 5.41) is 0. The molecule has 0 unspecified atom stereocenters. The molecule has 0 aromatic heterocycles. The molecule has 1 aliphatic carbocycles. The van der Waals surface area contributed by atoms with Crippen molar-refractivity contribution in [1.29, 1.82) is 0 Å². The Balaban J connectivity index is 1.93. The maximum atomic E-state index is 10.8. The van der Waals surface area contributed by atoms with Crippen molar-refractivity contribution in [2.75, 3.05) is 6.61 Å². The first-order chi connectivity index (χ1) is 7.20. The van der Waals surface area contributed by atoms with Gasteiger partial charge in [0, 0.05) is 19.3 Å². The summed E-state index contributed by atoms with van der Waals surface area (Å²) in [6, 6.07) is 0. The Labute approximate surface area is 90.4 Å². The second kappa shape index (κ2) is 4.35. The van der Waals surface area contributed by atoms with E-state index in [0.29, 0.717) is 13.0 Å². The average Bonchev–Trinajstić information content (AvgIpc) is 2.60. The molecule has 1 spiro atoms. The van der Waals surface area contributed by atoms with Crippen molar-refractivity contribution in [3.05, 3.63) is 11.8 Å². The van der Waals surface area contributed by atoms with E-state index in [-0.39, 0.29) is 11.6 Å². The molecule has 1 saturated carbocycles. The SMILES string of the molecule is CC(=O)C/C=C1\COC2(CCCCC2)O1. The molecule has 2 aliphatic rings. The van der Waals surface area contributed by atoms with Crippen LogP contribution in [0.15, 0.2) is 11.8 Å². The van der Waals surface area contributed by atoms with Gasteiger partial charge in [-0.15, -0.1) is 0 Å². The molecule has 0 N–H and O–H groups in total. The third-order valence-corrected chi connectivity index (χ3v) is 3.03. The van der Waals surface area contributed by atoms with Crippen molar-refractivity contribution in [1.82, 2.24) is 0 Å². The summed E-state index contributed by atoms with van der Waals surface area (Å²) in [5.41, 5.74) is 0. The molecule has 0 amide bonds. The molecule has 1 aliphatic heterocycles. The molecule has 0 bridgehead atoms. The van der Waals surface area contributed by atoms with Crippen LogP contribution in [-0.2, 0) is 14.3 Å². The van der Waals surface area contributed by atoms with Crippen LogP contribution < -0.4 is 0 Å². The second-order valence-electron chi connectivity index (χ2n) is 4.44. The predicted molar refractivity (Wildman–Crippen MR) is 56.2 cm³/mol. The van der Waals surface area contributed by atoms with Gasteiger partial charge in [0.1, 0.15) is 18.1 Å². The summed E-state index contributed by atoms with van der Waals surface area (Å²) in [6.07, 6.45) is 7.93. The molecule has 2 fully saturated rings. The standard InChI is InChI=1S/C12H18O3/c1-10(13)5-6-11-9-14-12(15-11)7-3-2-4-8-12/h6H,2-5,7-9H2,1H3/b11-6+. The average molecular weight is 210 g/mol. The highest BCUT2D eigenvalue weighted by atomic mass is 16.7. The van der Waals surface area contributed by atoms with E-state index in [0.717, 1.165) is 18.6 Å². The lowest BCUT2D eigenvalue weighted by molar-refractivity contribution is -0.168. The molecule has 0 aromatic carbocycles. The van der Waals surface area contributed by atoms with Gasteiger partial charge in [-0.1, -0.05) is 6.42 Å². The van der Waals surface area contributed by atoms with Gasteiger partial charge in [-0.2, -0.15) is 0 Å². The van der Waals surface area contributed by atoms with Crippen molar-refractivity contribution in [3.63, 3.8) is 0 Å². The number of allylic oxidation sites excluding steroid dienone is 1. The molecule has 15 heavy (non-hydrogen) atoms.